The van der Waals surface area contributed by atoms with E-state index in [1.54, 1.807) is 66.9 Å². The van der Waals surface area contributed by atoms with Crippen molar-refractivity contribution in [2.45, 2.75) is 6.61 Å². The summed E-state index contributed by atoms with van der Waals surface area (Å²) in [5.74, 6) is 0.303. The van der Waals surface area contributed by atoms with E-state index in [0.29, 0.717) is 33.4 Å². The monoisotopic (exact) mass is 405 g/mol. The second-order valence-electron chi connectivity index (χ2n) is 6.29. The lowest BCUT2D eigenvalue weighted by Gasteiger charge is -2.10. The Morgan fingerprint density at radius 3 is 2.69 bits per heavy atom. The number of nitrogens with zero attached hydrogens (tertiary/aromatic N) is 2. The van der Waals surface area contributed by atoms with E-state index >= 15 is 0 Å². The highest BCUT2D eigenvalue weighted by molar-refractivity contribution is 6.30. The van der Waals surface area contributed by atoms with Crippen LogP contribution in [0, 0.1) is 0 Å². The van der Waals surface area contributed by atoms with Gasteiger partial charge in [0, 0.05) is 34.6 Å². The van der Waals surface area contributed by atoms with Gasteiger partial charge in [-0.2, -0.15) is 0 Å². The SMILES string of the molecule is O=C(Nc1cccc(OCc2cc(=O)n3ccccc3n2)c1)c1ccc(Cl)cc1. The maximum Gasteiger partial charge on any atom is 0.258 e. The van der Waals surface area contributed by atoms with Gasteiger partial charge >= 0.3 is 0 Å². The largest absolute Gasteiger partial charge is 0.487 e. The zero-order chi connectivity index (χ0) is 20.2. The Kier molecular flexibility index (Phi) is 5.27. The molecular formula is C22H16ClN3O3. The van der Waals surface area contributed by atoms with Gasteiger partial charge in [-0.05, 0) is 48.5 Å². The molecule has 0 aliphatic rings. The Morgan fingerprint density at radius 1 is 1.03 bits per heavy atom. The molecule has 0 bridgehead atoms. The van der Waals surface area contributed by atoms with E-state index in [0.717, 1.165) is 0 Å². The van der Waals surface area contributed by atoms with Crippen LogP contribution in [0.4, 0.5) is 5.69 Å². The molecule has 2 heterocycles. The molecule has 0 atom stereocenters. The number of carbonyl (C=O) groups is 1. The van der Waals surface area contributed by atoms with Crippen LogP contribution in [0.5, 0.6) is 5.75 Å². The average Bonchev–Trinajstić information content (AvgIpc) is 2.73. The molecule has 0 unspecified atom stereocenters. The zero-order valence-corrected chi connectivity index (χ0v) is 16.0. The molecule has 1 N–H and O–H groups in total. The number of hydrogen-bond acceptors (Lipinski definition) is 4. The fourth-order valence-electron chi connectivity index (χ4n) is 2.80. The number of halogens is 1. The number of anilines is 1. The van der Waals surface area contributed by atoms with Crippen LogP contribution in [0.15, 0.2) is 83.8 Å². The number of carbonyl (C=O) groups excluding carboxylic acids is 1. The Labute approximate surface area is 171 Å². The minimum atomic E-state index is -0.247. The van der Waals surface area contributed by atoms with Gasteiger partial charge in [-0.3, -0.25) is 14.0 Å². The quantitative estimate of drug-likeness (QED) is 0.540. The number of nitrogens with one attached hydrogen (secondary N) is 1. The highest BCUT2D eigenvalue weighted by Crippen LogP contribution is 2.19. The molecule has 29 heavy (non-hydrogen) atoms. The number of benzene rings is 2. The molecule has 0 aliphatic carbocycles. The molecule has 1 amide bonds. The van der Waals surface area contributed by atoms with Crippen LogP contribution in [0.3, 0.4) is 0 Å². The summed E-state index contributed by atoms with van der Waals surface area (Å²) in [4.78, 5) is 28.9. The standard InChI is InChI=1S/C22H16ClN3O3/c23-16-9-7-15(8-10-16)22(28)25-17-4-3-5-19(12-17)29-14-18-13-21(27)26-11-2-1-6-20(26)24-18/h1-13H,14H2,(H,25,28). The summed E-state index contributed by atoms with van der Waals surface area (Å²) in [6.07, 6.45) is 1.67. The second kappa shape index (κ2) is 8.16. The molecule has 0 aliphatic heterocycles. The van der Waals surface area contributed by atoms with Gasteiger partial charge in [-0.25, -0.2) is 4.98 Å². The zero-order valence-electron chi connectivity index (χ0n) is 15.2. The molecule has 0 fully saturated rings. The first-order valence-corrected chi connectivity index (χ1v) is 9.23. The van der Waals surface area contributed by atoms with Crippen molar-refractivity contribution in [2.75, 3.05) is 5.32 Å². The van der Waals surface area contributed by atoms with Gasteiger partial charge in [0.2, 0.25) is 0 Å². The fourth-order valence-corrected chi connectivity index (χ4v) is 2.93. The van der Waals surface area contributed by atoms with E-state index in [1.807, 2.05) is 6.07 Å². The van der Waals surface area contributed by atoms with Crippen LogP contribution in [-0.2, 0) is 6.61 Å². The van der Waals surface area contributed by atoms with Crippen molar-refractivity contribution in [1.82, 2.24) is 9.38 Å². The predicted octanol–water partition coefficient (Wildman–Crippen LogP) is 4.18. The van der Waals surface area contributed by atoms with Crippen molar-refractivity contribution in [3.8, 4) is 5.75 Å². The molecule has 0 radical (unpaired) electrons. The normalized spacial score (nSPS) is 10.7. The van der Waals surface area contributed by atoms with Crippen LogP contribution in [0.2, 0.25) is 5.02 Å². The van der Waals surface area contributed by atoms with Crippen molar-refractivity contribution >= 4 is 28.8 Å². The summed E-state index contributed by atoms with van der Waals surface area (Å²) in [6.45, 7) is 0.134. The van der Waals surface area contributed by atoms with Gasteiger partial charge in [0.05, 0.1) is 5.69 Å². The maximum atomic E-state index is 12.3. The summed E-state index contributed by atoms with van der Waals surface area (Å²) >= 11 is 5.85. The third-order valence-electron chi connectivity index (χ3n) is 4.21. The summed E-state index contributed by atoms with van der Waals surface area (Å²) in [5, 5.41) is 3.39. The van der Waals surface area contributed by atoms with E-state index in [4.69, 9.17) is 16.3 Å². The summed E-state index contributed by atoms with van der Waals surface area (Å²) in [6, 6.07) is 20.4. The molecule has 4 rings (SSSR count). The molecule has 2 aromatic carbocycles. The molecule has 7 heteroatoms. The third-order valence-corrected chi connectivity index (χ3v) is 4.46. The summed E-state index contributed by atoms with van der Waals surface area (Å²) in [5.41, 5.74) is 2.01. The van der Waals surface area contributed by atoms with Crippen LogP contribution in [0.1, 0.15) is 16.1 Å². The van der Waals surface area contributed by atoms with Crippen LogP contribution in [-0.4, -0.2) is 15.3 Å². The number of hydrogen-bond donors (Lipinski definition) is 1. The molecule has 0 spiro atoms. The van der Waals surface area contributed by atoms with Gasteiger partial charge in [0.15, 0.2) is 0 Å². The van der Waals surface area contributed by atoms with Crippen molar-refractivity contribution in [2.24, 2.45) is 0 Å². The fraction of sp³-hybridized carbons (Fsp3) is 0.0455. The first-order chi connectivity index (χ1) is 14.1. The van der Waals surface area contributed by atoms with Crippen molar-refractivity contribution in [3.63, 3.8) is 0 Å². The third kappa shape index (κ3) is 4.44. The van der Waals surface area contributed by atoms with Crippen LogP contribution in [0.25, 0.3) is 5.65 Å². The van der Waals surface area contributed by atoms with E-state index in [9.17, 15) is 9.59 Å². The van der Waals surface area contributed by atoms with E-state index < -0.39 is 0 Å². The first kappa shape index (κ1) is 18.7. The molecule has 0 saturated carbocycles. The summed E-state index contributed by atoms with van der Waals surface area (Å²) < 4.78 is 7.23. The highest BCUT2D eigenvalue weighted by atomic mass is 35.5. The van der Waals surface area contributed by atoms with E-state index in [2.05, 4.69) is 10.3 Å². The maximum absolute atomic E-state index is 12.3. The number of amides is 1. The van der Waals surface area contributed by atoms with Crippen molar-refractivity contribution in [1.29, 1.82) is 0 Å². The summed E-state index contributed by atoms with van der Waals surface area (Å²) in [7, 11) is 0. The molecule has 4 aromatic rings. The van der Waals surface area contributed by atoms with E-state index in [-0.39, 0.29) is 18.1 Å². The van der Waals surface area contributed by atoms with Gasteiger partial charge < -0.3 is 10.1 Å². The van der Waals surface area contributed by atoms with Crippen LogP contribution < -0.4 is 15.6 Å². The molecule has 0 saturated heterocycles. The first-order valence-electron chi connectivity index (χ1n) is 8.85. The lowest BCUT2D eigenvalue weighted by atomic mass is 10.2. The van der Waals surface area contributed by atoms with Crippen LogP contribution >= 0.6 is 11.6 Å². The molecular weight excluding hydrogens is 390 g/mol. The number of ether oxygens (including phenoxy) is 1. The lowest BCUT2D eigenvalue weighted by molar-refractivity contribution is 0.102. The predicted molar refractivity (Wildman–Crippen MR) is 112 cm³/mol. The minimum absolute atomic E-state index is 0.134. The Morgan fingerprint density at radius 2 is 1.86 bits per heavy atom. The van der Waals surface area contributed by atoms with Crippen molar-refractivity contribution in [3.05, 3.63) is 106 Å². The van der Waals surface area contributed by atoms with E-state index in [1.165, 1.54) is 10.5 Å². The van der Waals surface area contributed by atoms with Crippen molar-refractivity contribution < 1.29 is 9.53 Å². The highest BCUT2D eigenvalue weighted by Gasteiger charge is 2.07. The Balaban J connectivity index is 1.46. The minimum Gasteiger partial charge on any atom is -0.487 e. The Hall–Kier alpha value is -3.64. The average molecular weight is 406 g/mol. The number of rotatable bonds is 5. The molecule has 2 aromatic heterocycles. The second-order valence-corrected chi connectivity index (χ2v) is 6.73. The van der Waals surface area contributed by atoms with Gasteiger partial charge in [0.1, 0.15) is 18.0 Å². The van der Waals surface area contributed by atoms with Gasteiger partial charge in [-0.1, -0.05) is 23.7 Å². The van der Waals surface area contributed by atoms with Gasteiger partial charge in [-0.15, -0.1) is 0 Å². The molecule has 144 valence electrons. The number of aromatic nitrogens is 2. The molecule has 6 nitrogen and oxygen atoms in total. The number of fused-ring (bicyclic) bond motifs is 1. The smallest absolute Gasteiger partial charge is 0.258 e. The topological polar surface area (TPSA) is 72.7 Å². The van der Waals surface area contributed by atoms with Gasteiger partial charge in [0.25, 0.3) is 11.5 Å². The number of pyridine rings is 1. The Bertz CT molecular complexity index is 1240. The lowest BCUT2D eigenvalue weighted by Crippen LogP contribution is -2.16.